The van der Waals surface area contributed by atoms with Crippen LogP contribution < -0.4 is 5.32 Å². The van der Waals surface area contributed by atoms with E-state index in [2.05, 4.69) is 30.7 Å². The van der Waals surface area contributed by atoms with E-state index in [4.69, 9.17) is 0 Å². The lowest BCUT2D eigenvalue weighted by atomic mass is 10.2. The highest BCUT2D eigenvalue weighted by Crippen LogP contribution is 2.38. The zero-order chi connectivity index (χ0) is 14.9. The molecule has 0 saturated heterocycles. The third-order valence-electron chi connectivity index (χ3n) is 3.61. The summed E-state index contributed by atoms with van der Waals surface area (Å²) in [6.45, 7) is 0. The Hall–Kier alpha value is -2.96. The highest BCUT2D eigenvalue weighted by molar-refractivity contribution is 6.04. The van der Waals surface area contributed by atoms with E-state index in [-0.39, 0.29) is 5.91 Å². The number of nitrogens with zero attached hydrogens (tertiary/aromatic N) is 3. The molecule has 0 unspecified atom stereocenters. The Kier molecular flexibility index (Phi) is 2.96. The molecule has 1 fully saturated rings. The van der Waals surface area contributed by atoms with Gasteiger partial charge in [-0.3, -0.25) is 15.0 Å². The number of rotatable bonds is 4. The van der Waals surface area contributed by atoms with Crippen LogP contribution in [0.4, 0.5) is 5.69 Å². The average molecular weight is 294 g/mol. The predicted molar refractivity (Wildman–Crippen MR) is 80.3 cm³/mol. The monoisotopic (exact) mass is 294 g/mol. The van der Waals surface area contributed by atoms with Gasteiger partial charge in [0, 0.05) is 23.4 Å². The Morgan fingerprint density at radius 2 is 2.23 bits per heavy atom. The largest absolute Gasteiger partial charge is 0.322 e. The molecule has 1 aliphatic rings. The highest BCUT2D eigenvalue weighted by Gasteiger charge is 2.27. The summed E-state index contributed by atoms with van der Waals surface area (Å²) in [5, 5.41) is 16.5. The van der Waals surface area contributed by atoms with Crippen molar-refractivity contribution >= 4 is 11.6 Å². The van der Waals surface area contributed by atoms with Gasteiger partial charge in [-0.05, 0) is 25.0 Å². The lowest BCUT2D eigenvalue weighted by molar-refractivity contribution is 0.102. The second kappa shape index (κ2) is 5.10. The molecule has 0 spiro atoms. The summed E-state index contributed by atoms with van der Waals surface area (Å²) in [6.07, 6.45) is 5.39. The molecule has 0 aliphatic heterocycles. The number of aromatic nitrogens is 5. The second-order valence-corrected chi connectivity index (χ2v) is 5.34. The molecule has 22 heavy (non-hydrogen) atoms. The molecule has 1 aromatic carbocycles. The Morgan fingerprint density at radius 3 is 3.00 bits per heavy atom. The molecule has 0 radical (unpaired) electrons. The first-order chi connectivity index (χ1) is 10.8. The quantitative estimate of drug-likeness (QED) is 0.687. The number of anilines is 1. The number of hydrogen-bond donors (Lipinski definition) is 3. The lowest BCUT2D eigenvalue weighted by Gasteiger charge is -2.04. The number of hydrogen-bond acceptors (Lipinski definition) is 4. The molecule has 1 saturated carbocycles. The van der Waals surface area contributed by atoms with Crippen LogP contribution in [0.2, 0.25) is 0 Å². The SMILES string of the molecule is O=C(Nc1cccc(-c2n[nH]c(C3CC3)n2)c1)c1cn[nH]c1. The lowest BCUT2D eigenvalue weighted by Crippen LogP contribution is -2.10. The van der Waals surface area contributed by atoms with Crippen molar-refractivity contribution in [1.29, 1.82) is 0 Å². The molecule has 3 aromatic rings. The van der Waals surface area contributed by atoms with E-state index in [1.165, 1.54) is 19.0 Å². The van der Waals surface area contributed by atoms with Gasteiger partial charge in [0.1, 0.15) is 5.82 Å². The summed E-state index contributed by atoms with van der Waals surface area (Å²) in [7, 11) is 0. The number of aromatic amines is 2. The third-order valence-corrected chi connectivity index (χ3v) is 3.61. The van der Waals surface area contributed by atoms with Gasteiger partial charge >= 0.3 is 0 Å². The van der Waals surface area contributed by atoms with Crippen LogP contribution >= 0.6 is 0 Å². The fraction of sp³-hybridized carbons (Fsp3) is 0.200. The summed E-state index contributed by atoms with van der Waals surface area (Å²) < 4.78 is 0. The van der Waals surface area contributed by atoms with E-state index in [0.29, 0.717) is 23.0 Å². The fourth-order valence-electron chi connectivity index (χ4n) is 2.26. The Balaban J connectivity index is 1.55. The van der Waals surface area contributed by atoms with Gasteiger partial charge in [-0.2, -0.15) is 10.2 Å². The standard InChI is InChI=1S/C15H14N6O/c22-15(11-7-16-17-8-11)18-12-3-1-2-10(6-12)14-19-13(20-21-14)9-4-5-9/h1-3,6-9H,4-5H2,(H,16,17)(H,18,22)(H,19,20,21). The molecule has 2 heterocycles. The van der Waals surface area contributed by atoms with E-state index < -0.39 is 0 Å². The van der Waals surface area contributed by atoms with Crippen LogP contribution in [0.15, 0.2) is 36.7 Å². The molecule has 0 atom stereocenters. The molecule has 7 nitrogen and oxygen atoms in total. The number of amides is 1. The van der Waals surface area contributed by atoms with Crippen molar-refractivity contribution in [3.05, 3.63) is 48.0 Å². The van der Waals surface area contributed by atoms with E-state index in [0.717, 1.165) is 11.4 Å². The molecule has 3 N–H and O–H groups in total. The van der Waals surface area contributed by atoms with Gasteiger partial charge in [0.05, 0.1) is 11.8 Å². The van der Waals surface area contributed by atoms with Crippen molar-refractivity contribution in [3.8, 4) is 11.4 Å². The van der Waals surface area contributed by atoms with E-state index >= 15 is 0 Å². The van der Waals surface area contributed by atoms with Gasteiger partial charge in [-0.25, -0.2) is 4.98 Å². The van der Waals surface area contributed by atoms with Crippen molar-refractivity contribution in [1.82, 2.24) is 25.4 Å². The fourth-order valence-corrected chi connectivity index (χ4v) is 2.26. The summed E-state index contributed by atoms with van der Waals surface area (Å²) in [6, 6.07) is 7.48. The molecule has 4 rings (SSSR count). The molecular formula is C15H14N6O. The van der Waals surface area contributed by atoms with Crippen molar-refractivity contribution in [2.75, 3.05) is 5.32 Å². The first kappa shape index (κ1) is 12.8. The first-order valence-corrected chi connectivity index (χ1v) is 7.12. The summed E-state index contributed by atoms with van der Waals surface area (Å²) in [4.78, 5) is 16.5. The van der Waals surface area contributed by atoms with Gasteiger partial charge in [0.2, 0.25) is 0 Å². The molecule has 2 aromatic heterocycles. The minimum atomic E-state index is -0.209. The van der Waals surface area contributed by atoms with Crippen LogP contribution in [0.5, 0.6) is 0 Å². The maximum Gasteiger partial charge on any atom is 0.258 e. The molecule has 1 aliphatic carbocycles. The number of nitrogens with one attached hydrogen (secondary N) is 3. The molecule has 7 heteroatoms. The van der Waals surface area contributed by atoms with Gasteiger partial charge in [0.25, 0.3) is 5.91 Å². The molecule has 110 valence electrons. The summed E-state index contributed by atoms with van der Waals surface area (Å²) >= 11 is 0. The van der Waals surface area contributed by atoms with Gasteiger partial charge < -0.3 is 5.32 Å². The summed E-state index contributed by atoms with van der Waals surface area (Å²) in [5.74, 6) is 1.92. The van der Waals surface area contributed by atoms with Crippen molar-refractivity contribution in [2.45, 2.75) is 18.8 Å². The number of H-pyrrole nitrogens is 2. The van der Waals surface area contributed by atoms with Crippen molar-refractivity contribution in [2.24, 2.45) is 0 Å². The van der Waals surface area contributed by atoms with Crippen molar-refractivity contribution < 1.29 is 4.79 Å². The van der Waals surface area contributed by atoms with Crippen LogP contribution in [0.25, 0.3) is 11.4 Å². The van der Waals surface area contributed by atoms with Crippen molar-refractivity contribution in [3.63, 3.8) is 0 Å². The van der Waals surface area contributed by atoms with Gasteiger partial charge in [-0.15, -0.1) is 0 Å². The maximum absolute atomic E-state index is 12.0. The smallest absolute Gasteiger partial charge is 0.258 e. The minimum Gasteiger partial charge on any atom is -0.322 e. The van der Waals surface area contributed by atoms with Gasteiger partial charge in [-0.1, -0.05) is 12.1 Å². The normalized spacial score (nSPS) is 14.0. The first-order valence-electron chi connectivity index (χ1n) is 7.12. The topological polar surface area (TPSA) is 99.3 Å². The number of benzene rings is 1. The van der Waals surface area contributed by atoms with Crippen LogP contribution in [0, 0.1) is 0 Å². The van der Waals surface area contributed by atoms with E-state index in [1.807, 2.05) is 24.3 Å². The minimum absolute atomic E-state index is 0.209. The molecular weight excluding hydrogens is 280 g/mol. The Bertz CT molecular complexity index is 803. The highest BCUT2D eigenvalue weighted by atomic mass is 16.1. The van der Waals surface area contributed by atoms with Crippen LogP contribution in [-0.2, 0) is 0 Å². The van der Waals surface area contributed by atoms with Crippen LogP contribution in [0.1, 0.15) is 34.9 Å². The van der Waals surface area contributed by atoms with Crippen LogP contribution in [0.3, 0.4) is 0 Å². The van der Waals surface area contributed by atoms with Gasteiger partial charge in [0.15, 0.2) is 5.82 Å². The maximum atomic E-state index is 12.0. The summed E-state index contributed by atoms with van der Waals surface area (Å²) in [5.41, 5.74) is 2.05. The van der Waals surface area contributed by atoms with E-state index in [1.54, 1.807) is 6.20 Å². The zero-order valence-electron chi connectivity index (χ0n) is 11.7. The molecule has 0 bridgehead atoms. The average Bonchev–Trinajstić information content (AvgIpc) is 3.06. The number of carbonyl (C=O) groups excluding carboxylic acids is 1. The van der Waals surface area contributed by atoms with E-state index in [9.17, 15) is 4.79 Å². The van der Waals surface area contributed by atoms with Crippen LogP contribution in [-0.4, -0.2) is 31.3 Å². The Morgan fingerprint density at radius 1 is 1.32 bits per heavy atom. The molecule has 1 amide bonds. The second-order valence-electron chi connectivity index (χ2n) is 5.34. The Labute approximate surface area is 126 Å². The predicted octanol–water partition coefficient (Wildman–Crippen LogP) is 2.32. The zero-order valence-corrected chi connectivity index (χ0v) is 11.7. The third kappa shape index (κ3) is 2.48. The number of carbonyl (C=O) groups is 1.